The van der Waals surface area contributed by atoms with Crippen LogP contribution in [0.2, 0.25) is 4.34 Å². The minimum atomic E-state index is -3.34. The number of sulfonamides is 1. The summed E-state index contributed by atoms with van der Waals surface area (Å²) >= 11 is 7.02. The molecule has 1 aliphatic heterocycles. The minimum Gasteiger partial charge on any atom is -0.353 e. The molecule has 0 fully saturated rings. The van der Waals surface area contributed by atoms with Crippen molar-refractivity contribution in [2.24, 2.45) is 0 Å². The van der Waals surface area contributed by atoms with Gasteiger partial charge in [-0.2, -0.15) is 4.31 Å². The summed E-state index contributed by atoms with van der Waals surface area (Å²) in [5.41, 5.74) is 0.725. The third-order valence-electron chi connectivity index (χ3n) is 2.58. The Kier molecular flexibility index (Phi) is 2.94. The van der Waals surface area contributed by atoms with Crippen LogP contribution in [0.15, 0.2) is 10.3 Å². The number of hydrogen-bond donors (Lipinski definition) is 0. The molecule has 0 atom stereocenters. The van der Waals surface area contributed by atoms with E-state index < -0.39 is 10.0 Å². The molecular formula is C9H13ClN2O2S2. The molecule has 0 saturated heterocycles. The summed E-state index contributed by atoms with van der Waals surface area (Å²) in [6.07, 6.45) is 0. The van der Waals surface area contributed by atoms with Crippen LogP contribution in [0.25, 0.3) is 0 Å². The molecule has 0 saturated carbocycles. The lowest BCUT2D eigenvalue weighted by molar-refractivity contribution is 0.438. The molecule has 0 aromatic carbocycles. The zero-order valence-corrected chi connectivity index (χ0v) is 11.7. The lowest BCUT2D eigenvalue weighted by atomic mass is 10.3. The van der Waals surface area contributed by atoms with E-state index in [1.165, 1.54) is 4.31 Å². The van der Waals surface area contributed by atoms with Gasteiger partial charge in [0.2, 0.25) is 0 Å². The van der Waals surface area contributed by atoms with Crippen LogP contribution in [0.3, 0.4) is 0 Å². The van der Waals surface area contributed by atoms with E-state index >= 15 is 0 Å². The van der Waals surface area contributed by atoms with Crippen molar-refractivity contribution in [3.63, 3.8) is 0 Å². The van der Waals surface area contributed by atoms with E-state index in [0.717, 1.165) is 17.0 Å². The summed E-state index contributed by atoms with van der Waals surface area (Å²) in [6.45, 7) is 4.43. The first-order valence-corrected chi connectivity index (χ1v) is 7.50. The standard InChI is InChI=1S/C9H13ClN2O2S2/c1-6(2)12-5-11(3)16(13,14)9-7(12)4-8(10)15-9/h4,6H,5H2,1-3H3. The van der Waals surface area contributed by atoms with Gasteiger partial charge in [0.05, 0.1) is 16.7 Å². The van der Waals surface area contributed by atoms with Gasteiger partial charge in [0.15, 0.2) is 4.21 Å². The van der Waals surface area contributed by atoms with Gasteiger partial charge in [-0.3, -0.25) is 0 Å². The number of anilines is 1. The van der Waals surface area contributed by atoms with Crippen LogP contribution in [0.4, 0.5) is 5.69 Å². The normalized spacial score (nSPS) is 20.2. The van der Waals surface area contributed by atoms with Crippen molar-refractivity contribution < 1.29 is 8.42 Å². The number of rotatable bonds is 1. The molecule has 0 amide bonds. The third-order valence-corrected chi connectivity index (χ3v) is 6.12. The summed E-state index contributed by atoms with van der Waals surface area (Å²) in [4.78, 5) is 2.03. The molecular weight excluding hydrogens is 268 g/mol. The van der Waals surface area contributed by atoms with Gasteiger partial charge in [-0.15, -0.1) is 11.3 Å². The predicted molar refractivity (Wildman–Crippen MR) is 66.8 cm³/mol. The van der Waals surface area contributed by atoms with Crippen molar-refractivity contribution in [1.29, 1.82) is 0 Å². The first-order valence-electron chi connectivity index (χ1n) is 4.86. The highest BCUT2D eigenvalue weighted by Crippen LogP contribution is 2.42. The van der Waals surface area contributed by atoms with E-state index in [1.807, 2.05) is 18.7 Å². The first kappa shape index (κ1) is 12.2. The van der Waals surface area contributed by atoms with E-state index in [1.54, 1.807) is 13.1 Å². The topological polar surface area (TPSA) is 40.6 Å². The maximum atomic E-state index is 12.0. The first-order chi connectivity index (χ1) is 7.34. The van der Waals surface area contributed by atoms with E-state index in [-0.39, 0.29) is 6.04 Å². The number of halogens is 1. The van der Waals surface area contributed by atoms with Crippen LogP contribution in [0, 0.1) is 0 Å². The molecule has 1 aliphatic rings. The highest BCUT2D eigenvalue weighted by Gasteiger charge is 2.36. The zero-order chi connectivity index (χ0) is 12.1. The highest BCUT2D eigenvalue weighted by molar-refractivity contribution is 7.91. The molecule has 1 aromatic rings. The van der Waals surface area contributed by atoms with Crippen LogP contribution in [0.1, 0.15) is 13.8 Å². The molecule has 0 unspecified atom stereocenters. The van der Waals surface area contributed by atoms with E-state index in [0.29, 0.717) is 15.2 Å². The van der Waals surface area contributed by atoms with Crippen LogP contribution in [-0.2, 0) is 10.0 Å². The van der Waals surface area contributed by atoms with Crippen molar-refractivity contribution >= 4 is 38.6 Å². The van der Waals surface area contributed by atoms with Gasteiger partial charge in [-0.05, 0) is 19.9 Å². The Bertz CT molecular complexity index is 510. The molecule has 0 spiro atoms. The Labute approximate surface area is 104 Å². The monoisotopic (exact) mass is 280 g/mol. The molecule has 2 heterocycles. The maximum Gasteiger partial charge on any atom is 0.255 e. The minimum absolute atomic E-state index is 0.238. The fraction of sp³-hybridized carbons (Fsp3) is 0.556. The Morgan fingerprint density at radius 2 is 2.12 bits per heavy atom. The Morgan fingerprint density at radius 3 is 2.69 bits per heavy atom. The fourth-order valence-corrected chi connectivity index (χ4v) is 4.84. The molecule has 0 bridgehead atoms. The Hall–Kier alpha value is -0.300. The van der Waals surface area contributed by atoms with Gasteiger partial charge in [0.1, 0.15) is 0 Å². The van der Waals surface area contributed by atoms with E-state index in [4.69, 9.17) is 11.6 Å². The number of hydrogen-bond acceptors (Lipinski definition) is 4. The molecule has 0 N–H and O–H groups in total. The van der Waals surface area contributed by atoms with Crippen LogP contribution in [0.5, 0.6) is 0 Å². The smallest absolute Gasteiger partial charge is 0.255 e. The van der Waals surface area contributed by atoms with Gasteiger partial charge in [-0.25, -0.2) is 8.42 Å². The average molecular weight is 281 g/mol. The van der Waals surface area contributed by atoms with Crippen LogP contribution < -0.4 is 4.90 Å². The summed E-state index contributed by atoms with van der Waals surface area (Å²) in [5, 5.41) is 0. The van der Waals surface area contributed by atoms with Crippen molar-refractivity contribution in [2.45, 2.75) is 24.1 Å². The summed E-state index contributed by atoms with van der Waals surface area (Å²) in [7, 11) is -1.76. The SMILES string of the molecule is CC(C)N1CN(C)S(=O)(=O)c2sc(Cl)cc21. The second-order valence-electron chi connectivity index (χ2n) is 4.03. The summed E-state index contributed by atoms with van der Waals surface area (Å²) in [6, 6.07) is 1.97. The molecule has 1 aromatic heterocycles. The van der Waals surface area contributed by atoms with Crippen LogP contribution >= 0.6 is 22.9 Å². The second kappa shape index (κ2) is 3.87. The molecule has 7 heteroatoms. The van der Waals surface area contributed by atoms with Gasteiger partial charge in [0, 0.05) is 13.1 Å². The van der Waals surface area contributed by atoms with Gasteiger partial charge < -0.3 is 4.90 Å². The maximum absolute atomic E-state index is 12.0. The zero-order valence-electron chi connectivity index (χ0n) is 9.27. The van der Waals surface area contributed by atoms with Gasteiger partial charge in [0.25, 0.3) is 10.0 Å². The highest BCUT2D eigenvalue weighted by atomic mass is 35.5. The van der Waals surface area contributed by atoms with Crippen LogP contribution in [-0.4, -0.2) is 32.5 Å². The quantitative estimate of drug-likeness (QED) is 0.792. The average Bonchev–Trinajstić information content (AvgIpc) is 2.54. The molecule has 4 nitrogen and oxygen atoms in total. The summed E-state index contributed by atoms with van der Waals surface area (Å²) < 4.78 is 26.3. The fourth-order valence-electron chi connectivity index (χ4n) is 1.67. The molecule has 90 valence electrons. The third kappa shape index (κ3) is 1.73. The number of nitrogens with zero attached hydrogens (tertiary/aromatic N) is 2. The lowest BCUT2D eigenvalue weighted by Gasteiger charge is -2.36. The molecule has 0 aliphatic carbocycles. The lowest BCUT2D eigenvalue weighted by Crippen LogP contribution is -2.46. The number of fused-ring (bicyclic) bond motifs is 1. The Balaban J connectivity index is 2.63. The molecule has 2 rings (SSSR count). The summed E-state index contributed by atoms with van der Waals surface area (Å²) in [5.74, 6) is 0. The van der Waals surface area contributed by atoms with Crippen molar-refractivity contribution in [3.8, 4) is 0 Å². The van der Waals surface area contributed by atoms with Crippen molar-refractivity contribution in [2.75, 3.05) is 18.6 Å². The second-order valence-corrected chi connectivity index (χ2v) is 7.95. The van der Waals surface area contributed by atoms with E-state index in [9.17, 15) is 8.42 Å². The van der Waals surface area contributed by atoms with E-state index in [2.05, 4.69) is 0 Å². The largest absolute Gasteiger partial charge is 0.353 e. The number of thiophene rings is 1. The van der Waals surface area contributed by atoms with Gasteiger partial charge in [-0.1, -0.05) is 11.6 Å². The van der Waals surface area contributed by atoms with Crippen molar-refractivity contribution in [3.05, 3.63) is 10.4 Å². The Morgan fingerprint density at radius 1 is 1.50 bits per heavy atom. The van der Waals surface area contributed by atoms with Crippen molar-refractivity contribution in [1.82, 2.24) is 4.31 Å². The molecule has 16 heavy (non-hydrogen) atoms. The predicted octanol–water partition coefficient (Wildman–Crippen LogP) is 2.21. The van der Waals surface area contributed by atoms with Gasteiger partial charge >= 0.3 is 0 Å². The molecule has 0 radical (unpaired) electrons.